The van der Waals surface area contributed by atoms with Crippen LogP contribution in [0.4, 0.5) is 0 Å². The highest BCUT2D eigenvalue weighted by molar-refractivity contribution is 5.87. The maximum atomic E-state index is 12.1. The Kier molecular flexibility index (Phi) is 6.02. The monoisotopic (exact) mass is 263 g/mol. The van der Waals surface area contributed by atoms with Gasteiger partial charge in [-0.05, 0) is 12.0 Å². The van der Waals surface area contributed by atoms with Crippen molar-refractivity contribution in [1.82, 2.24) is 10.2 Å². The van der Waals surface area contributed by atoms with E-state index in [0.29, 0.717) is 6.54 Å². The number of carbonyl (C=O) groups is 2. The first-order valence-electron chi connectivity index (χ1n) is 6.38. The molecule has 19 heavy (non-hydrogen) atoms. The van der Waals surface area contributed by atoms with Gasteiger partial charge in [0.2, 0.25) is 11.8 Å². The number of hydrogen-bond donors (Lipinski definition) is 2. The Morgan fingerprint density at radius 1 is 1.32 bits per heavy atom. The molecule has 0 radical (unpaired) electrons. The molecule has 1 aromatic rings. The van der Waals surface area contributed by atoms with Crippen LogP contribution in [0.25, 0.3) is 0 Å². The molecule has 0 aliphatic carbocycles. The maximum Gasteiger partial charge on any atom is 0.244 e. The molecule has 1 aromatic carbocycles. The third-order valence-corrected chi connectivity index (χ3v) is 2.75. The Morgan fingerprint density at radius 3 is 2.53 bits per heavy atom. The lowest BCUT2D eigenvalue weighted by atomic mass is 10.1. The lowest BCUT2D eigenvalue weighted by Gasteiger charge is -2.21. The fourth-order valence-electron chi connectivity index (χ4n) is 1.65. The molecular weight excluding hydrogens is 242 g/mol. The number of rotatable bonds is 6. The van der Waals surface area contributed by atoms with Crippen molar-refractivity contribution in [2.75, 3.05) is 20.1 Å². The van der Waals surface area contributed by atoms with Gasteiger partial charge in [-0.15, -0.1) is 0 Å². The van der Waals surface area contributed by atoms with Crippen molar-refractivity contribution >= 4 is 11.8 Å². The Bertz CT molecular complexity index is 420. The molecule has 0 saturated carbocycles. The molecule has 0 saturated heterocycles. The van der Waals surface area contributed by atoms with Gasteiger partial charge in [0.05, 0.1) is 6.54 Å². The molecule has 104 valence electrons. The molecule has 5 heteroatoms. The van der Waals surface area contributed by atoms with E-state index in [9.17, 15) is 9.59 Å². The minimum atomic E-state index is -0.731. The van der Waals surface area contributed by atoms with E-state index < -0.39 is 6.04 Å². The molecule has 2 amide bonds. The van der Waals surface area contributed by atoms with Crippen LogP contribution in [0, 0.1) is 0 Å². The third kappa shape index (κ3) is 4.71. The second-order valence-electron chi connectivity index (χ2n) is 4.43. The Labute approximate surface area is 113 Å². The van der Waals surface area contributed by atoms with Gasteiger partial charge in [0.15, 0.2) is 0 Å². The lowest BCUT2D eigenvalue weighted by Crippen LogP contribution is -2.42. The van der Waals surface area contributed by atoms with Crippen molar-refractivity contribution in [2.45, 2.75) is 19.4 Å². The zero-order valence-corrected chi connectivity index (χ0v) is 11.4. The van der Waals surface area contributed by atoms with Crippen molar-refractivity contribution in [3.05, 3.63) is 35.9 Å². The molecule has 1 rings (SSSR count). The molecule has 0 spiro atoms. The fourth-order valence-corrected chi connectivity index (χ4v) is 1.65. The summed E-state index contributed by atoms with van der Waals surface area (Å²) in [6, 6.07) is 8.39. The SMILES string of the molecule is CCCNC(=O)CN(C)C(=O)C(N)c1ccccc1. The van der Waals surface area contributed by atoms with E-state index in [4.69, 9.17) is 5.73 Å². The second-order valence-corrected chi connectivity index (χ2v) is 4.43. The molecular formula is C14H21N3O2. The van der Waals surface area contributed by atoms with Crippen molar-refractivity contribution in [3.8, 4) is 0 Å². The number of likely N-dealkylation sites (N-methyl/N-ethyl adjacent to an activating group) is 1. The average molecular weight is 263 g/mol. The summed E-state index contributed by atoms with van der Waals surface area (Å²) in [4.78, 5) is 25.0. The zero-order valence-electron chi connectivity index (χ0n) is 11.4. The quantitative estimate of drug-likeness (QED) is 0.792. The molecule has 0 bridgehead atoms. The minimum Gasteiger partial charge on any atom is -0.355 e. The summed E-state index contributed by atoms with van der Waals surface area (Å²) in [5.74, 6) is -0.434. The van der Waals surface area contributed by atoms with Crippen LogP contribution in [0.1, 0.15) is 24.9 Å². The number of benzene rings is 1. The van der Waals surface area contributed by atoms with Gasteiger partial charge in [-0.25, -0.2) is 0 Å². The van der Waals surface area contributed by atoms with Gasteiger partial charge in [-0.1, -0.05) is 37.3 Å². The summed E-state index contributed by atoms with van der Waals surface area (Å²) in [7, 11) is 1.58. The van der Waals surface area contributed by atoms with E-state index >= 15 is 0 Å². The van der Waals surface area contributed by atoms with E-state index in [0.717, 1.165) is 12.0 Å². The molecule has 0 aliphatic rings. The molecule has 1 atom stereocenters. The number of nitrogens with one attached hydrogen (secondary N) is 1. The first-order chi connectivity index (χ1) is 9.06. The van der Waals surface area contributed by atoms with Crippen molar-refractivity contribution in [2.24, 2.45) is 5.73 Å². The van der Waals surface area contributed by atoms with Crippen molar-refractivity contribution in [1.29, 1.82) is 0 Å². The second kappa shape index (κ2) is 7.53. The third-order valence-electron chi connectivity index (χ3n) is 2.75. The van der Waals surface area contributed by atoms with Gasteiger partial charge in [0.1, 0.15) is 6.04 Å². The number of hydrogen-bond acceptors (Lipinski definition) is 3. The summed E-state index contributed by atoms with van der Waals surface area (Å²) in [5.41, 5.74) is 6.64. The summed E-state index contributed by atoms with van der Waals surface area (Å²) < 4.78 is 0. The summed E-state index contributed by atoms with van der Waals surface area (Å²) >= 11 is 0. The Morgan fingerprint density at radius 2 is 1.95 bits per heavy atom. The number of nitrogens with two attached hydrogens (primary N) is 1. The molecule has 0 fully saturated rings. The Hall–Kier alpha value is -1.88. The van der Waals surface area contributed by atoms with E-state index in [1.165, 1.54) is 4.90 Å². The van der Waals surface area contributed by atoms with E-state index in [2.05, 4.69) is 5.32 Å². The number of carbonyl (C=O) groups excluding carboxylic acids is 2. The van der Waals surface area contributed by atoms with Gasteiger partial charge >= 0.3 is 0 Å². The first kappa shape index (κ1) is 15.2. The largest absolute Gasteiger partial charge is 0.355 e. The predicted octanol–water partition coefficient (Wildman–Crippen LogP) is 0.671. The molecule has 3 N–H and O–H groups in total. The highest BCUT2D eigenvalue weighted by Crippen LogP contribution is 2.11. The molecule has 5 nitrogen and oxygen atoms in total. The summed E-state index contributed by atoms with van der Waals surface area (Å²) in [5, 5.41) is 2.72. The fraction of sp³-hybridized carbons (Fsp3) is 0.429. The van der Waals surface area contributed by atoms with Crippen molar-refractivity contribution in [3.63, 3.8) is 0 Å². The van der Waals surface area contributed by atoms with Crippen LogP contribution in [0.3, 0.4) is 0 Å². The van der Waals surface area contributed by atoms with Gasteiger partial charge in [0, 0.05) is 13.6 Å². The highest BCUT2D eigenvalue weighted by Gasteiger charge is 2.21. The Balaban J connectivity index is 2.55. The van der Waals surface area contributed by atoms with Crippen LogP contribution in [0.15, 0.2) is 30.3 Å². The molecule has 0 aromatic heterocycles. The standard InChI is InChI=1S/C14H21N3O2/c1-3-9-16-12(18)10-17(2)14(19)13(15)11-7-5-4-6-8-11/h4-8,13H,3,9-10,15H2,1-2H3,(H,16,18). The first-order valence-corrected chi connectivity index (χ1v) is 6.38. The van der Waals surface area contributed by atoms with Crippen LogP contribution >= 0.6 is 0 Å². The minimum absolute atomic E-state index is 0.0271. The average Bonchev–Trinajstić information content (AvgIpc) is 2.44. The maximum absolute atomic E-state index is 12.1. The van der Waals surface area contributed by atoms with Crippen LogP contribution in [-0.4, -0.2) is 36.9 Å². The lowest BCUT2D eigenvalue weighted by molar-refractivity contribution is -0.135. The normalized spacial score (nSPS) is 11.7. The van der Waals surface area contributed by atoms with Crippen LogP contribution in [-0.2, 0) is 9.59 Å². The highest BCUT2D eigenvalue weighted by atomic mass is 16.2. The summed E-state index contributed by atoms with van der Waals surface area (Å²) in [6.45, 7) is 2.62. The van der Waals surface area contributed by atoms with E-state index in [1.54, 1.807) is 19.2 Å². The van der Waals surface area contributed by atoms with Crippen LogP contribution in [0.5, 0.6) is 0 Å². The van der Waals surface area contributed by atoms with Crippen LogP contribution < -0.4 is 11.1 Å². The predicted molar refractivity (Wildman–Crippen MR) is 74.3 cm³/mol. The molecule has 0 heterocycles. The molecule has 1 unspecified atom stereocenters. The van der Waals surface area contributed by atoms with Gasteiger partial charge in [-0.3, -0.25) is 9.59 Å². The van der Waals surface area contributed by atoms with Gasteiger partial charge in [-0.2, -0.15) is 0 Å². The van der Waals surface area contributed by atoms with E-state index in [-0.39, 0.29) is 18.4 Å². The van der Waals surface area contributed by atoms with Crippen LogP contribution in [0.2, 0.25) is 0 Å². The number of nitrogens with zero attached hydrogens (tertiary/aromatic N) is 1. The topological polar surface area (TPSA) is 75.4 Å². The summed E-state index contributed by atoms with van der Waals surface area (Å²) in [6.07, 6.45) is 0.868. The van der Waals surface area contributed by atoms with Crippen molar-refractivity contribution < 1.29 is 9.59 Å². The zero-order chi connectivity index (χ0) is 14.3. The number of amides is 2. The van der Waals surface area contributed by atoms with Gasteiger partial charge in [0.25, 0.3) is 0 Å². The van der Waals surface area contributed by atoms with E-state index in [1.807, 2.05) is 25.1 Å². The van der Waals surface area contributed by atoms with Gasteiger partial charge < -0.3 is 16.0 Å². The smallest absolute Gasteiger partial charge is 0.244 e. The molecule has 0 aliphatic heterocycles.